The highest BCUT2D eigenvalue weighted by molar-refractivity contribution is 5.73. The van der Waals surface area contributed by atoms with Crippen LogP contribution in [0.25, 0.3) is 0 Å². The number of hydrogen-bond acceptors (Lipinski definition) is 3. The quantitative estimate of drug-likeness (QED) is 0.573. The van der Waals surface area contributed by atoms with E-state index in [0.717, 1.165) is 0 Å². The Morgan fingerprint density at radius 1 is 1.35 bits per heavy atom. The molecule has 0 radical (unpaired) electrons. The van der Waals surface area contributed by atoms with E-state index in [-0.39, 0.29) is 6.42 Å². The minimum atomic E-state index is -5.08. The molecule has 9 heteroatoms. The summed E-state index contributed by atoms with van der Waals surface area (Å²) in [4.78, 5) is 8.90. The summed E-state index contributed by atoms with van der Waals surface area (Å²) in [6.07, 6.45) is -5.53. The molecule has 4 N–H and O–H groups in total. The number of carboxylic acids is 1. The fourth-order valence-corrected chi connectivity index (χ4v) is 1.17. The second-order valence-corrected chi connectivity index (χ2v) is 3.55. The molecule has 0 saturated heterocycles. The highest BCUT2D eigenvalue weighted by Gasteiger charge is 2.43. The fraction of sp³-hybridized carbons (Fsp3) is 0.875. The summed E-state index contributed by atoms with van der Waals surface area (Å²) in [5.74, 6) is -5.62. The van der Waals surface area contributed by atoms with Gasteiger partial charge in [0.25, 0.3) is 5.92 Å². The Labute approximate surface area is 93.2 Å². The maximum atomic E-state index is 12.6. The van der Waals surface area contributed by atoms with Gasteiger partial charge in [0, 0.05) is 6.42 Å². The molecule has 17 heavy (non-hydrogen) atoms. The maximum absolute atomic E-state index is 12.6. The van der Waals surface area contributed by atoms with Crippen molar-refractivity contribution in [3.63, 3.8) is 0 Å². The van der Waals surface area contributed by atoms with Crippen molar-refractivity contribution < 1.29 is 37.0 Å². The summed E-state index contributed by atoms with van der Waals surface area (Å²) in [6, 6.07) is -1.36. The van der Waals surface area contributed by atoms with Gasteiger partial charge in [0.05, 0.1) is 12.1 Å². The first-order valence-corrected chi connectivity index (χ1v) is 4.60. The van der Waals surface area contributed by atoms with Gasteiger partial charge in [-0.3, -0.25) is 0 Å². The topological polar surface area (TPSA) is 83.5 Å². The Balaban J connectivity index is 0.000000325. The summed E-state index contributed by atoms with van der Waals surface area (Å²) in [5, 5.41) is 16.0. The number of hydrogen-bond donors (Lipinski definition) is 3. The molecule has 102 valence electrons. The summed E-state index contributed by atoms with van der Waals surface area (Å²) in [5.41, 5.74) is 5.06. The van der Waals surface area contributed by atoms with E-state index < -0.39 is 30.2 Å². The van der Waals surface area contributed by atoms with Crippen molar-refractivity contribution in [2.45, 2.75) is 43.5 Å². The molecule has 1 unspecified atom stereocenters. The van der Waals surface area contributed by atoms with E-state index in [1.807, 2.05) is 0 Å². The van der Waals surface area contributed by atoms with Gasteiger partial charge >= 0.3 is 12.1 Å². The molecule has 0 aromatic heterocycles. The zero-order chi connectivity index (χ0) is 13.9. The molecule has 0 heterocycles. The van der Waals surface area contributed by atoms with Crippen LogP contribution in [-0.2, 0) is 4.79 Å². The van der Waals surface area contributed by atoms with Crippen LogP contribution >= 0.6 is 0 Å². The van der Waals surface area contributed by atoms with Crippen LogP contribution in [0.1, 0.15) is 19.3 Å². The van der Waals surface area contributed by atoms with Crippen molar-refractivity contribution in [3.05, 3.63) is 0 Å². The summed E-state index contributed by atoms with van der Waals surface area (Å²) in [6.45, 7) is 0. The first-order valence-electron chi connectivity index (χ1n) is 4.60. The molecule has 0 amide bonds. The van der Waals surface area contributed by atoms with E-state index in [1.165, 1.54) is 0 Å². The lowest BCUT2D eigenvalue weighted by molar-refractivity contribution is -0.192. The molecule has 0 bridgehead atoms. The molecule has 1 saturated carbocycles. The van der Waals surface area contributed by atoms with Crippen molar-refractivity contribution in [2.75, 3.05) is 0 Å². The second kappa shape index (κ2) is 5.58. The van der Waals surface area contributed by atoms with Crippen LogP contribution in [0.2, 0.25) is 0 Å². The van der Waals surface area contributed by atoms with Gasteiger partial charge in [-0.05, 0) is 12.8 Å². The van der Waals surface area contributed by atoms with E-state index in [2.05, 4.69) is 0 Å². The molecule has 2 atom stereocenters. The largest absolute Gasteiger partial charge is 0.490 e. The Hall–Kier alpha value is -0.960. The lowest BCUT2D eigenvalue weighted by Crippen LogP contribution is -2.52. The lowest BCUT2D eigenvalue weighted by Gasteiger charge is -2.32. The van der Waals surface area contributed by atoms with E-state index >= 15 is 0 Å². The van der Waals surface area contributed by atoms with Crippen LogP contribution in [0.3, 0.4) is 0 Å². The molecule has 1 aliphatic rings. The Kier molecular flexibility index (Phi) is 5.27. The van der Waals surface area contributed by atoms with Crippen LogP contribution in [0.15, 0.2) is 0 Å². The average Bonchev–Trinajstić information content (AvgIpc) is 2.13. The number of halogens is 5. The number of aliphatic hydroxyl groups excluding tert-OH is 1. The smallest absolute Gasteiger partial charge is 0.475 e. The highest BCUT2D eigenvalue weighted by Crippen LogP contribution is 2.32. The maximum Gasteiger partial charge on any atom is 0.490 e. The van der Waals surface area contributed by atoms with Crippen LogP contribution < -0.4 is 5.73 Å². The van der Waals surface area contributed by atoms with Gasteiger partial charge in [0.1, 0.15) is 0 Å². The highest BCUT2D eigenvalue weighted by atomic mass is 19.4. The number of alkyl halides is 5. The molecule has 1 rings (SSSR count). The number of rotatable bonds is 0. The van der Waals surface area contributed by atoms with Gasteiger partial charge < -0.3 is 15.9 Å². The molecule has 0 aromatic carbocycles. The fourth-order valence-electron chi connectivity index (χ4n) is 1.17. The number of carboxylic acid groups (broad SMARTS) is 1. The van der Waals surface area contributed by atoms with Crippen molar-refractivity contribution in [1.82, 2.24) is 0 Å². The van der Waals surface area contributed by atoms with Gasteiger partial charge in [-0.15, -0.1) is 0 Å². The van der Waals surface area contributed by atoms with Crippen LogP contribution in [-0.4, -0.2) is 40.4 Å². The molecule has 0 aromatic rings. The molecule has 0 aliphatic heterocycles. The van der Waals surface area contributed by atoms with Gasteiger partial charge in [-0.2, -0.15) is 13.2 Å². The van der Waals surface area contributed by atoms with Crippen molar-refractivity contribution in [2.24, 2.45) is 5.73 Å². The van der Waals surface area contributed by atoms with Crippen molar-refractivity contribution in [3.8, 4) is 0 Å². The SMILES string of the molecule is N[C@H]1C(O)CCCC1(F)F.O=C(O)C(F)(F)F. The van der Waals surface area contributed by atoms with Crippen LogP contribution in [0, 0.1) is 0 Å². The number of aliphatic carboxylic acids is 1. The molecule has 1 aliphatic carbocycles. The standard InChI is InChI=1S/C6H11F2NO.C2HF3O2/c7-6(8)3-1-2-4(10)5(6)9;3-2(4,5)1(6)7/h4-5,10H,1-3,9H2;(H,6,7)/t4?,5-;/m0./s1. The Morgan fingerprint density at radius 3 is 2.00 bits per heavy atom. The minimum Gasteiger partial charge on any atom is -0.475 e. The third kappa shape index (κ3) is 5.26. The molecule has 0 spiro atoms. The first kappa shape index (κ1) is 16.0. The third-order valence-electron chi connectivity index (χ3n) is 2.15. The first-order chi connectivity index (χ1) is 7.48. The van der Waals surface area contributed by atoms with Crippen molar-refractivity contribution in [1.29, 1.82) is 0 Å². The van der Waals surface area contributed by atoms with Crippen LogP contribution in [0.5, 0.6) is 0 Å². The van der Waals surface area contributed by atoms with Crippen molar-refractivity contribution >= 4 is 5.97 Å². The van der Waals surface area contributed by atoms with E-state index in [0.29, 0.717) is 12.8 Å². The van der Waals surface area contributed by atoms with Gasteiger partial charge in [-0.25, -0.2) is 13.6 Å². The van der Waals surface area contributed by atoms with Gasteiger partial charge in [0.2, 0.25) is 0 Å². The van der Waals surface area contributed by atoms with Gasteiger partial charge in [-0.1, -0.05) is 0 Å². The second-order valence-electron chi connectivity index (χ2n) is 3.55. The van der Waals surface area contributed by atoms with E-state index in [1.54, 1.807) is 0 Å². The predicted octanol–water partition coefficient (Wildman–Crippen LogP) is 1.13. The summed E-state index contributed by atoms with van der Waals surface area (Å²) in [7, 11) is 0. The zero-order valence-electron chi connectivity index (χ0n) is 8.55. The lowest BCUT2D eigenvalue weighted by atomic mass is 9.90. The summed E-state index contributed by atoms with van der Waals surface area (Å²) >= 11 is 0. The van der Waals surface area contributed by atoms with Crippen LogP contribution in [0.4, 0.5) is 22.0 Å². The molecule has 1 fully saturated rings. The predicted molar refractivity (Wildman–Crippen MR) is 46.5 cm³/mol. The van der Waals surface area contributed by atoms with Gasteiger partial charge in [0.15, 0.2) is 0 Å². The van der Waals surface area contributed by atoms with E-state index in [4.69, 9.17) is 20.7 Å². The number of carbonyl (C=O) groups is 1. The van der Waals surface area contributed by atoms with E-state index in [9.17, 15) is 22.0 Å². The minimum absolute atomic E-state index is 0.189. The Bertz CT molecular complexity index is 268. The Morgan fingerprint density at radius 2 is 1.76 bits per heavy atom. The molecular formula is C8H12F5NO3. The normalized spacial score (nSPS) is 27.9. The molecular weight excluding hydrogens is 253 g/mol. The summed E-state index contributed by atoms with van der Waals surface area (Å²) < 4.78 is 56.9. The third-order valence-corrected chi connectivity index (χ3v) is 2.15. The zero-order valence-corrected chi connectivity index (χ0v) is 8.55. The molecule has 4 nitrogen and oxygen atoms in total. The number of aliphatic hydroxyl groups is 1. The average molecular weight is 265 g/mol. The number of nitrogens with two attached hydrogens (primary N) is 1. The monoisotopic (exact) mass is 265 g/mol.